The van der Waals surface area contributed by atoms with Crippen molar-refractivity contribution in [2.24, 2.45) is 0 Å². The number of rotatable bonds is 24. The van der Waals surface area contributed by atoms with Crippen LogP contribution in [0.4, 0.5) is 0 Å². The summed E-state index contributed by atoms with van der Waals surface area (Å²) in [5.41, 5.74) is 0. The van der Waals surface area contributed by atoms with E-state index in [9.17, 15) is 4.57 Å². The standard InChI is InChI=1S/C28H45O8P/c1-3-5-6-7-8-9-10-13-19-33-37(29,34-25-24-32-23-22-31-21-20-30-4-2)36-35-28-18-14-16-26-15-11-12-17-27(26)28/h11-12,14-18H,3-10,13,19-25H2,1-2H3. The Bertz CT molecular complexity index is 873. The molecule has 2 aromatic rings. The van der Waals surface area contributed by atoms with Crippen molar-refractivity contribution < 1.29 is 37.4 Å². The van der Waals surface area contributed by atoms with Gasteiger partial charge in [-0.25, -0.2) is 4.57 Å². The van der Waals surface area contributed by atoms with Crippen LogP contribution in [-0.2, 0) is 32.5 Å². The fourth-order valence-electron chi connectivity index (χ4n) is 3.64. The zero-order valence-corrected chi connectivity index (χ0v) is 23.5. The van der Waals surface area contributed by atoms with Gasteiger partial charge in [0.1, 0.15) is 0 Å². The molecule has 210 valence electrons. The van der Waals surface area contributed by atoms with E-state index >= 15 is 0 Å². The summed E-state index contributed by atoms with van der Waals surface area (Å²) >= 11 is 0. The number of hydrogen-bond donors (Lipinski definition) is 0. The highest BCUT2D eigenvalue weighted by Gasteiger charge is 2.29. The second kappa shape index (κ2) is 20.5. The molecule has 0 radical (unpaired) electrons. The van der Waals surface area contributed by atoms with E-state index < -0.39 is 7.82 Å². The molecule has 0 aliphatic carbocycles. The number of hydrogen-bond acceptors (Lipinski definition) is 8. The SMILES string of the molecule is CCCCCCCCCCOP(=O)(OCCOCCOCCOCC)OOc1cccc2ccccc12. The zero-order chi connectivity index (χ0) is 26.4. The highest BCUT2D eigenvalue weighted by molar-refractivity contribution is 7.48. The Morgan fingerprint density at radius 2 is 1.22 bits per heavy atom. The van der Waals surface area contributed by atoms with E-state index in [1.807, 2.05) is 43.3 Å². The molecule has 0 aliphatic heterocycles. The van der Waals surface area contributed by atoms with Crippen molar-refractivity contribution >= 4 is 18.6 Å². The molecule has 0 heterocycles. The third-order valence-corrected chi connectivity index (χ3v) is 6.90. The van der Waals surface area contributed by atoms with Crippen molar-refractivity contribution in [3.63, 3.8) is 0 Å². The Morgan fingerprint density at radius 3 is 1.95 bits per heavy atom. The molecular weight excluding hydrogens is 495 g/mol. The van der Waals surface area contributed by atoms with Gasteiger partial charge >= 0.3 is 7.82 Å². The van der Waals surface area contributed by atoms with Crippen molar-refractivity contribution in [3.05, 3.63) is 42.5 Å². The average molecular weight is 541 g/mol. The van der Waals surface area contributed by atoms with E-state index in [2.05, 4.69) is 6.92 Å². The Morgan fingerprint density at radius 1 is 0.622 bits per heavy atom. The Hall–Kier alpha value is -1.51. The Labute approximate surface area is 222 Å². The molecule has 1 unspecified atom stereocenters. The summed E-state index contributed by atoms with van der Waals surface area (Å²) < 4.78 is 45.8. The Balaban J connectivity index is 1.76. The fourth-order valence-corrected chi connectivity index (χ4v) is 4.62. The van der Waals surface area contributed by atoms with E-state index in [1.54, 1.807) is 6.07 Å². The van der Waals surface area contributed by atoms with Crippen LogP contribution >= 0.6 is 7.82 Å². The molecule has 9 heteroatoms. The molecule has 0 amide bonds. The third-order valence-electron chi connectivity index (χ3n) is 5.64. The van der Waals surface area contributed by atoms with E-state index in [0.29, 0.717) is 38.8 Å². The lowest BCUT2D eigenvalue weighted by Crippen LogP contribution is -2.12. The van der Waals surface area contributed by atoms with Crippen LogP contribution in [0.3, 0.4) is 0 Å². The molecule has 2 aromatic carbocycles. The number of unbranched alkanes of at least 4 members (excludes halogenated alkanes) is 7. The summed E-state index contributed by atoms with van der Waals surface area (Å²) in [6.07, 6.45) is 9.21. The van der Waals surface area contributed by atoms with Crippen LogP contribution in [0, 0.1) is 0 Å². The number of benzene rings is 2. The minimum atomic E-state index is -3.96. The summed E-state index contributed by atoms with van der Waals surface area (Å²) in [6.45, 7) is 7.27. The monoisotopic (exact) mass is 540 g/mol. The van der Waals surface area contributed by atoms with Gasteiger partial charge in [-0.1, -0.05) is 92.9 Å². The first-order chi connectivity index (χ1) is 18.2. The van der Waals surface area contributed by atoms with Crippen molar-refractivity contribution in [3.8, 4) is 5.75 Å². The first-order valence-corrected chi connectivity index (χ1v) is 15.1. The van der Waals surface area contributed by atoms with Crippen LogP contribution in [0.2, 0.25) is 0 Å². The van der Waals surface area contributed by atoms with Gasteiger partial charge in [0.25, 0.3) is 0 Å². The van der Waals surface area contributed by atoms with E-state index in [0.717, 1.165) is 30.0 Å². The molecular formula is C28H45O8P. The van der Waals surface area contributed by atoms with Crippen LogP contribution in [0.1, 0.15) is 65.2 Å². The lowest BCUT2D eigenvalue weighted by Gasteiger charge is -2.17. The summed E-state index contributed by atoms with van der Waals surface area (Å²) in [6, 6.07) is 13.3. The fraction of sp³-hybridized carbons (Fsp3) is 0.643. The number of fused-ring (bicyclic) bond motifs is 1. The molecule has 8 nitrogen and oxygen atoms in total. The molecule has 2 rings (SSSR count). The number of phosphoric acid groups is 1. The summed E-state index contributed by atoms with van der Waals surface area (Å²) in [7, 11) is -3.96. The highest BCUT2D eigenvalue weighted by Crippen LogP contribution is 2.50. The maximum atomic E-state index is 13.3. The van der Waals surface area contributed by atoms with Gasteiger partial charge in [-0.3, -0.25) is 9.05 Å². The predicted octanol–water partition coefficient (Wildman–Crippen LogP) is 7.50. The first kappa shape index (κ1) is 31.7. The largest absolute Gasteiger partial charge is 0.511 e. The van der Waals surface area contributed by atoms with Gasteiger partial charge < -0.3 is 19.1 Å². The topological polar surface area (TPSA) is 81.7 Å². The van der Waals surface area contributed by atoms with Crippen molar-refractivity contribution in [1.82, 2.24) is 0 Å². The quantitative estimate of drug-likeness (QED) is 0.0586. The summed E-state index contributed by atoms with van der Waals surface area (Å²) in [5, 5.41) is 1.82. The van der Waals surface area contributed by atoms with Gasteiger partial charge in [0.2, 0.25) is 0 Å². The van der Waals surface area contributed by atoms with Crippen LogP contribution in [0.15, 0.2) is 42.5 Å². The zero-order valence-electron chi connectivity index (χ0n) is 22.6. The molecule has 0 fully saturated rings. The number of ether oxygens (including phenoxy) is 3. The van der Waals surface area contributed by atoms with E-state index in [-0.39, 0.29) is 19.8 Å². The van der Waals surface area contributed by atoms with Crippen molar-refractivity contribution in [1.29, 1.82) is 0 Å². The van der Waals surface area contributed by atoms with Gasteiger partial charge in [0, 0.05) is 12.0 Å². The highest BCUT2D eigenvalue weighted by atomic mass is 31.2. The molecule has 0 aliphatic rings. The lowest BCUT2D eigenvalue weighted by atomic mass is 10.1. The number of phosphoric ester groups is 1. The maximum Gasteiger partial charge on any atom is 0.511 e. The normalized spacial score (nSPS) is 13.1. The van der Waals surface area contributed by atoms with E-state index in [1.165, 1.54) is 32.1 Å². The van der Waals surface area contributed by atoms with Crippen LogP contribution in [-0.4, -0.2) is 52.9 Å². The molecule has 0 N–H and O–H groups in total. The summed E-state index contributed by atoms with van der Waals surface area (Å²) in [4.78, 5) is 5.47. The average Bonchev–Trinajstić information content (AvgIpc) is 2.92. The maximum absolute atomic E-state index is 13.3. The van der Waals surface area contributed by atoms with Crippen molar-refractivity contribution in [2.75, 3.05) is 52.9 Å². The van der Waals surface area contributed by atoms with E-state index in [4.69, 9.17) is 32.8 Å². The molecule has 0 saturated heterocycles. The van der Waals surface area contributed by atoms with Crippen molar-refractivity contribution in [2.45, 2.75) is 65.2 Å². The predicted molar refractivity (Wildman–Crippen MR) is 146 cm³/mol. The molecule has 0 aromatic heterocycles. The third kappa shape index (κ3) is 14.3. The molecule has 0 spiro atoms. The smallest absolute Gasteiger partial charge is 0.379 e. The molecule has 0 bridgehead atoms. The van der Waals surface area contributed by atoms with Gasteiger partial charge in [0.05, 0.1) is 46.2 Å². The summed E-state index contributed by atoms with van der Waals surface area (Å²) in [5.74, 6) is 0.443. The Kier molecular flexibility index (Phi) is 17.5. The molecule has 1 atom stereocenters. The molecule has 0 saturated carbocycles. The van der Waals surface area contributed by atoms with Gasteiger partial charge in [-0.15, -0.1) is 0 Å². The minimum Gasteiger partial charge on any atom is -0.379 e. The van der Waals surface area contributed by atoms with Gasteiger partial charge in [0.15, 0.2) is 5.75 Å². The first-order valence-electron chi connectivity index (χ1n) is 13.6. The van der Waals surface area contributed by atoms with Crippen LogP contribution < -0.4 is 4.89 Å². The molecule has 37 heavy (non-hydrogen) atoms. The van der Waals surface area contributed by atoms with Crippen LogP contribution in [0.25, 0.3) is 10.8 Å². The lowest BCUT2D eigenvalue weighted by molar-refractivity contribution is -0.132. The second-order valence-corrected chi connectivity index (χ2v) is 10.2. The van der Waals surface area contributed by atoms with Crippen LogP contribution in [0.5, 0.6) is 5.75 Å². The second-order valence-electron chi connectivity index (χ2n) is 8.65. The minimum absolute atomic E-state index is 0.0343. The van der Waals surface area contributed by atoms with Gasteiger partial charge in [-0.2, -0.15) is 0 Å². The van der Waals surface area contributed by atoms with Gasteiger partial charge in [-0.05, 0) is 24.8 Å².